The summed E-state index contributed by atoms with van der Waals surface area (Å²) in [6.07, 6.45) is 1.15. The van der Waals surface area contributed by atoms with Crippen molar-refractivity contribution in [1.82, 2.24) is 0 Å². The van der Waals surface area contributed by atoms with Gasteiger partial charge in [-0.3, -0.25) is 0 Å². The molecule has 0 amide bonds. The molecule has 1 aromatic carbocycles. The van der Waals surface area contributed by atoms with E-state index in [9.17, 15) is 4.79 Å². The van der Waals surface area contributed by atoms with Crippen LogP contribution in [0.1, 0.15) is 12.8 Å². The number of benzene rings is 1. The molecule has 1 N–H and O–H groups in total. The second-order valence-corrected chi connectivity index (χ2v) is 5.56. The maximum atomic E-state index is 11.0. The number of carboxylic acid groups (broad SMARTS) is 1. The lowest BCUT2D eigenvalue weighted by molar-refractivity contribution is -0.146. The van der Waals surface area contributed by atoms with Crippen molar-refractivity contribution < 1.29 is 14.6 Å². The number of rotatable bonds is 4. The zero-order valence-electron chi connectivity index (χ0n) is 8.32. The molecule has 0 saturated heterocycles. The molecule has 0 unspecified atom stereocenters. The summed E-state index contributed by atoms with van der Waals surface area (Å²) in [6.45, 7) is 0. The van der Waals surface area contributed by atoms with Gasteiger partial charge in [0, 0.05) is 10.4 Å². The average molecular weight is 350 g/mol. The van der Waals surface area contributed by atoms with E-state index in [0.717, 1.165) is 21.8 Å². The van der Waals surface area contributed by atoms with Crippen LogP contribution in [0.25, 0.3) is 0 Å². The summed E-state index contributed by atoms with van der Waals surface area (Å²) in [6, 6.07) is 5.42. The van der Waals surface area contributed by atoms with Gasteiger partial charge in [0.25, 0.3) is 0 Å². The van der Waals surface area contributed by atoms with Gasteiger partial charge in [-0.2, -0.15) is 0 Å². The van der Waals surface area contributed by atoms with E-state index in [1.165, 1.54) is 0 Å². The molecule has 0 spiro atoms. The molecule has 0 radical (unpaired) electrons. The van der Waals surface area contributed by atoms with Gasteiger partial charge in [0.05, 0.1) is 4.47 Å². The van der Waals surface area contributed by atoms with Gasteiger partial charge in [0.1, 0.15) is 5.75 Å². The molecule has 5 heteroatoms. The number of aliphatic carboxylic acids is 1. The van der Waals surface area contributed by atoms with E-state index >= 15 is 0 Å². The fourth-order valence-corrected chi connectivity index (χ4v) is 2.60. The summed E-state index contributed by atoms with van der Waals surface area (Å²) in [5, 5.41) is 9.04. The molecule has 1 aliphatic carbocycles. The Bertz CT molecular complexity index is 416. The maximum Gasteiger partial charge on any atom is 0.345 e. The number of ether oxygens (including phenoxy) is 1. The van der Waals surface area contributed by atoms with Crippen LogP contribution in [0.5, 0.6) is 5.75 Å². The first-order chi connectivity index (χ1) is 7.58. The third kappa shape index (κ3) is 2.77. The number of hydrogen-bond donors (Lipinski definition) is 1. The van der Waals surface area contributed by atoms with Crippen molar-refractivity contribution in [1.29, 1.82) is 0 Å². The van der Waals surface area contributed by atoms with Gasteiger partial charge in [-0.15, -0.1) is 0 Å². The third-order valence-corrected chi connectivity index (χ3v) is 3.55. The molecule has 1 atom stereocenters. The van der Waals surface area contributed by atoms with Crippen LogP contribution in [0, 0.1) is 5.92 Å². The Morgan fingerprint density at radius 2 is 2.12 bits per heavy atom. The quantitative estimate of drug-likeness (QED) is 0.905. The van der Waals surface area contributed by atoms with Crippen molar-refractivity contribution in [2.45, 2.75) is 18.9 Å². The van der Waals surface area contributed by atoms with Gasteiger partial charge in [-0.25, -0.2) is 4.79 Å². The highest BCUT2D eigenvalue weighted by Gasteiger charge is 2.38. The fraction of sp³-hybridized carbons (Fsp3) is 0.364. The summed E-state index contributed by atoms with van der Waals surface area (Å²) < 4.78 is 7.20. The Hall–Kier alpha value is -0.550. The molecule has 2 rings (SSSR count). The molecule has 3 nitrogen and oxygen atoms in total. The van der Waals surface area contributed by atoms with Crippen LogP contribution in [0.3, 0.4) is 0 Å². The van der Waals surface area contributed by atoms with Crippen LogP contribution >= 0.6 is 31.9 Å². The van der Waals surface area contributed by atoms with Crippen LogP contribution in [-0.2, 0) is 4.79 Å². The summed E-state index contributed by atoms with van der Waals surface area (Å²) in [5.74, 6) is -0.159. The number of hydrogen-bond acceptors (Lipinski definition) is 2. The first-order valence-electron chi connectivity index (χ1n) is 4.92. The highest BCUT2D eigenvalue weighted by Crippen LogP contribution is 2.37. The topological polar surface area (TPSA) is 46.5 Å². The fourth-order valence-electron chi connectivity index (χ4n) is 1.45. The summed E-state index contributed by atoms with van der Waals surface area (Å²) in [7, 11) is 0. The predicted octanol–water partition coefficient (Wildman–Crippen LogP) is 3.45. The van der Waals surface area contributed by atoms with Crippen molar-refractivity contribution in [3.8, 4) is 5.75 Å². The highest BCUT2D eigenvalue weighted by atomic mass is 79.9. The monoisotopic (exact) mass is 348 g/mol. The molecule has 0 heterocycles. The third-order valence-electron chi connectivity index (χ3n) is 2.44. The zero-order valence-corrected chi connectivity index (χ0v) is 11.5. The van der Waals surface area contributed by atoms with Crippen molar-refractivity contribution >= 4 is 37.8 Å². The summed E-state index contributed by atoms with van der Waals surface area (Å²) in [4.78, 5) is 11.0. The van der Waals surface area contributed by atoms with Crippen molar-refractivity contribution in [2.24, 2.45) is 5.92 Å². The maximum absolute atomic E-state index is 11.0. The molecule has 1 aliphatic rings. The standard InChI is InChI=1S/C11H10Br2O3/c12-7-3-4-9(8(13)5-7)16-10(11(14)15)6-1-2-6/h3-6,10H,1-2H2,(H,14,15)/t10-/m0/s1. The molecule has 0 aromatic heterocycles. The van der Waals surface area contributed by atoms with Crippen molar-refractivity contribution in [2.75, 3.05) is 0 Å². The van der Waals surface area contributed by atoms with Gasteiger partial charge in [-0.05, 0) is 47.0 Å². The first kappa shape index (κ1) is 11.9. The minimum atomic E-state index is -0.891. The summed E-state index contributed by atoms with van der Waals surface area (Å²) >= 11 is 6.68. The minimum Gasteiger partial charge on any atom is -0.478 e. The SMILES string of the molecule is O=C(O)[C@@H](Oc1ccc(Br)cc1Br)C1CC1. The summed E-state index contributed by atoms with van der Waals surface area (Å²) in [5.41, 5.74) is 0. The second-order valence-electron chi connectivity index (χ2n) is 3.79. The minimum absolute atomic E-state index is 0.160. The molecule has 86 valence electrons. The first-order valence-corrected chi connectivity index (χ1v) is 6.51. The molecular formula is C11H10Br2O3. The van der Waals surface area contributed by atoms with E-state index in [-0.39, 0.29) is 5.92 Å². The number of carbonyl (C=O) groups is 1. The molecule has 16 heavy (non-hydrogen) atoms. The van der Waals surface area contributed by atoms with Gasteiger partial charge in [0.15, 0.2) is 6.10 Å². The van der Waals surface area contributed by atoms with Crippen LogP contribution in [0.2, 0.25) is 0 Å². The Balaban J connectivity index is 2.15. The normalized spacial score (nSPS) is 16.9. The lowest BCUT2D eigenvalue weighted by Crippen LogP contribution is -2.29. The van der Waals surface area contributed by atoms with Gasteiger partial charge < -0.3 is 9.84 Å². The zero-order chi connectivity index (χ0) is 11.7. The molecule has 0 bridgehead atoms. The Kier molecular flexibility index (Phi) is 3.54. The van der Waals surface area contributed by atoms with Gasteiger partial charge >= 0.3 is 5.97 Å². The average Bonchev–Trinajstić information content (AvgIpc) is 2.99. The van der Waals surface area contributed by atoms with Crippen LogP contribution in [-0.4, -0.2) is 17.2 Å². The highest BCUT2D eigenvalue weighted by molar-refractivity contribution is 9.11. The van der Waals surface area contributed by atoms with Crippen LogP contribution < -0.4 is 4.74 Å². The number of carboxylic acids is 1. The van der Waals surface area contributed by atoms with E-state index in [0.29, 0.717) is 5.75 Å². The van der Waals surface area contributed by atoms with Crippen molar-refractivity contribution in [3.05, 3.63) is 27.1 Å². The van der Waals surface area contributed by atoms with E-state index in [2.05, 4.69) is 31.9 Å². The van der Waals surface area contributed by atoms with E-state index in [1.54, 1.807) is 6.07 Å². The molecule has 0 aliphatic heterocycles. The Labute approximate surface area is 110 Å². The van der Waals surface area contributed by atoms with E-state index < -0.39 is 12.1 Å². The van der Waals surface area contributed by atoms with E-state index in [1.807, 2.05) is 12.1 Å². The van der Waals surface area contributed by atoms with Crippen molar-refractivity contribution in [3.63, 3.8) is 0 Å². The largest absolute Gasteiger partial charge is 0.478 e. The Morgan fingerprint density at radius 3 is 2.62 bits per heavy atom. The lowest BCUT2D eigenvalue weighted by Gasteiger charge is -2.15. The second kappa shape index (κ2) is 4.75. The van der Waals surface area contributed by atoms with Gasteiger partial charge in [0.2, 0.25) is 0 Å². The molecule has 1 aromatic rings. The van der Waals surface area contributed by atoms with Gasteiger partial charge in [-0.1, -0.05) is 15.9 Å². The van der Waals surface area contributed by atoms with E-state index in [4.69, 9.17) is 9.84 Å². The molecular weight excluding hydrogens is 340 g/mol. The predicted molar refractivity (Wildman–Crippen MR) is 66.6 cm³/mol. The molecule has 1 saturated carbocycles. The van der Waals surface area contributed by atoms with Crippen LogP contribution in [0.15, 0.2) is 27.1 Å². The number of halogens is 2. The Morgan fingerprint density at radius 1 is 1.44 bits per heavy atom. The molecule has 1 fully saturated rings. The smallest absolute Gasteiger partial charge is 0.345 e. The lowest BCUT2D eigenvalue weighted by atomic mass is 10.2. The van der Waals surface area contributed by atoms with Crippen LogP contribution in [0.4, 0.5) is 0 Å².